The Labute approximate surface area is 207 Å². The highest BCUT2D eigenvalue weighted by Crippen LogP contribution is 2.36. The van der Waals surface area contributed by atoms with E-state index in [1.54, 1.807) is 41.4 Å². The molecule has 13 heteroatoms. The predicted molar refractivity (Wildman–Crippen MR) is 129 cm³/mol. The van der Waals surface area contributed by atoms with E-state index in [-0.39, 0.29) is 18.1 Å². The molecule has 0 aliphatic rings. The maximum Gasteiger partial charge on any atom is 0.189 e. The van der Waals surface area contributed by atoms with Crippen LogP contribution in [0, 0.1) is 12.7 Å². The molecular formula is C23H26FN7O4S. The summed E-state index contributed by atoms with van der Waals surface area (Å²) < 4.78 is 54.3. The van der Waals surface area contributed by atoms with E-state index < -0.39 is 26.7 Å². The molecule has 0 aliphatic heterocycles. The number of hydrogen-bond acceptors (Lipinski definition) is 9. The summed E-state index contributed by atoms with van der Waals surface area (Å²) in [6.07, 6.45) is 2.03. The minimum absolute atomic E-state index is 0.0149. The van der Waals surface area contributed by atoms with Gasteiger partial charge in [0.2, 0.25) is 0 Å². The molecule has 3 heterocycles. The monoisotopic (exact) mass is 515 g/mol. The average molecular weight is 516 g/mol. The molecule has 0 unspecified atom stereocenters. The van der Waals surface area contributed by atoms with Gasteiger partial charge in [-0.25, -0.2) is 22.8 Å². The van der Waals surface area contributed by atoms with Gasteiger partial charge < -0.3 is 9.47 Å². The van der Waals surface area contributed by atoms with Gasteiger partial charge in [-0.2, -0.15) is 5.10 Å². The van der Waals surface area contributed by atoms with Crippen LogP contribution in [0.4, 0.5) is 4.39 Å². The lowest BCUT2D eigenvalue weighted by Gasteiger charge is -2.18. The van der Waals surface area contributed by atoms with Crippen molar-refractivity contribution in [3.8, 4) is 28.7 Å². The van der Waals surface area contributed by atoms with Crippen LogP contribution in [0.2, 0.25) is 0 Å². The molecular weight excluding hydrogens is 489 g/mol. The maximum absolute atomic E-state index is 13.4. The Hall–Kier alpha value is -3.87. The number of aryl methyl sites for hydroxylation is 2. The smallest absolute Gasteiger partial charge is 0.189 e. The number of nitrogens with zero attached hydrogens (tertiary/aromatic N) is 7. The highest BCUT2D eigenvalue weighted by molar-refractivity contribution is 7.91. The fourth-order valence-electron chi connectivity index (χ4n) is 3.68. The molecule has 0 saturated carbocycles. The van der Waals surface area contributed by atoms with Crippen LogP contribution < -0.4 is 9.47 Å². The molecule has 0 radical (unpaired) electrons. The molecule has 3 aromatic heterocycles. The van der Waals surface area contributed by atoms with Gasteiger partial charge in [0.05, 0.1) is 31.9 Å². The van der Waals surface area contributed by atoms with Crippen LogP contribution in [0.25, 0.3) is 17.2 Å². The lowest BCUT2D eigenvalue weighted by atomic mass is 10.2. The number of benzene rings is 1. The third kappa shape index (κ3) is 4.91. The summed E-state index contributed by atoms with van der Waals surface area (Å²) in [6.45, 7) is 3.45. The highest BCUT2D eigenvalue weighted by Gasteiger charge is 2.30. The van der Waals surface area contributed by atoms with E-state index in [1.807, 2.05) is 13.0 Å². The zero-order valence-electron chi connectivity index (χ0n) is 20.5. The molecule has 1 atom stereocenters. The van der Waals surface area contributed by atoms with Crippen LogP contribution in [0.1, 0.15) is 24.3 Å². The van der Waals surface area contributed by atoms with E-state index in [0.717, 1.165) is 18.1 Å². The molecule has 0 N–H and O–H groups in total. The molecule has 0 fully saturated rings. The molecule has 36 heavy (non-hydrogen) atoms. The van der Waals surface area contributed by atoms with Crippen LogP contribution >= 0.6 is 0 Å². The molecule has 1 aromatic carbocycles. The molecule has 0 amide bonds. The van der Waals surface area contributed by atoms with Crippen molar-refractivity contribution in [3.05, 3.63) is 59.8 Å². The first-order valence-electron chi connectivity index (χ1n) is 11.0. The second kappa shape index (κ2) is 10.0. The van der Waals surface area contributed by atoms with Crippen molar-refractivity contribution in [2.24, 2.45) is 7.05 Å². The number of halogens is 1. The van der Waals surface area contributed by atoms with Crippen molar-refractivity contribution >= 4 is 9.84 Å². The molecule has 4 rings (SSSR count). The van der Waals surface area contributed by atoms with Gasteiger partial charge in [0.1, 0.15) is 34.5 Å². The second-order valence-corrected chi connectivity index (χ2v) is 10.6. The highest BCUT2D eigenvalue weighted by atomic mass is 32.2. The first-order valence-corrected chi connectivity index (χ1v) is 12.7. The van der Waals surface area contributed by atoms with Gasteiger partial charge in [0.15, 0.2) is 27.3 Å². The topological polar surface area (TPSA) is 127 Å². The number of methoxy groups -OCH3 is 2. The summed E-state index contributed by atoms with van der Waals surface area (Å²) in [5.41, 5.74) is 1.84. The number of ether oxygens (including phenoxy) is 2. The minimum atomic E-state index is -3.77. The zero-order valence-corrected chi connectivity index (χ0v) is 21.3. The number of para-hydroxylation sites is 1. The number of aromatic nitrogens is 7. The van der Waals surface area contributed by atoms with Crippen LogP contribution in [0.5, 0.6) is 11.5 Å². The standard InChI is InChI=1S/C23H26FN7O4S/c1-14-9-17(29-30(14)3)23-28-27-21(31(23)22-18(34-4)7-6-8-19(22)35-5)13-36(32,33)15(2)10-20-25-11-16(24)12-26-20/h6-9,11-12,15H,10,13H2,1-5H3/t15-/m0/s1. The Kier molecular flexibility index (Phi) is 7.02. The van der Waals surface area contributed by atoms with Crippen molar-refractivity contribution in [1.29, 1.82) is 0 Å². The van der Waals surface area contributed by atoms with Crippen molar-refractivity contribution in [2.75, 3.05) is 14.2 Å². The molecule has 11 nitrogen and oxygen atoms in total. The number of rotatable bonds is 9. The van der Waals surface area contributed by atoms with Crippen LogP contribution in [0.15, 0.2) is 36.7 Å². The van der Waals surface area contributed by atoms with Crippen molar-refractivity contribution in [3.63, 3.8) is 0 Å². The van der Waals surface area contributed by atoms with Crippen LogP contribution in [-0.4, -0.2) is 62.4 Å². The number of hydrogen-bond donors (Lipinski definition) is 0. The molecule has 4 aromatic rings. The van der Waals surface area contributed by atoms with E-state index in [0.29, 0.717) is 28.7 Å². The summed E-state index contributed by atoms with van der Waals surface area (Å²) >= 11 is 0. The normalized spacial score (nSPS) is 12.5. The van der Waals surface area contributed by atoms with Crippen molar-refractivity contribution in [2.45, 2.75) is 31.3 Å². The first kappa shape index (κ1) is 25.2. The Bertz CT molecular complexity index is 1440. The lowest BCUT2D eigenvalue weighted by Crippen LogP contribution is -2.24. The van der Waals surface area contributed by atoms with Gasteiger partial charge in [0.25, 0.3) is 0 Å². The Balaban J connectivity index is 1.81. The third-order valence-electron chi connectivity index (χ3n) is 5.79. The van der Waals surface area contributed by atoms with E-state index in [4.69, 9.17) is 9.47 Å². The van der Waals surface area contributed by atoms with Gasteiger partial charge in [-0.05, 0) is 32.0 Å². The molecule has 0 aliphatic carbocycles. The van der Waals surface area contributed by atoms with Crippen LogP contribution in [0.3, 0.4) is 0 Å². The summed E-state index contributed by atoms with van der Waals surface area (Å²) in [6, 6.07) is 7.06. The van der Waals surface area contributed by atoms with Gasteiger partial charge >= 0.3 is 0 Å². The molecule has 0 saturated heterocycles. The fraction of sp³-hybridized carbons (Fsp3) is 0.348. The summed E-state index contributed by atoms with van der Waals surface area (Å²) in [5.74, 6) is 0.568. The van der Waals surface area contributed by atoms with Crippen molar-refractivity contribution < 1.29 is 22.3 Å². The quantitative estimate of drug-likeness (QED) is 0.330. The van der Waals surface area contributed by atoms with Gasteiger partial charge in [-0.15, -0.1) is 10.2 Å². The van der Waals surface area contributed by atoms with E-state index >= 15 is 0 Å². The predicted octanol–water partition coefficient (Wildman–Crippen LogP) is 2.47. The molecule has 0 spiro atoms. The summed E-state index contributed by atoms with van der Waals surface area (Å²) in [4.78, 5) is 7.75. The number of sulfone groups is 1. The zero-order chi connectivity index (χ0) is 26.0. The molecule has 0 bridgehead atoms. The second-order valence-electron chi connectivity index (χ2n) is 8.22. The lowest BCUT2D eigenvalue weighted by molar-refractivity contribution is 0.390. The Morgan fingerprint density at radius 2 is 1.72 bits per heavy atom. The Morgan fingerprint density at radius 1 is 1.08 bits per heavy atom. The van der Waals surface area contributed by atoms with Gasteiger partial charge in [-0.1, -0.05) is 6.07 Å². The van der Waals surface area contributed by atoms with E-state index in [2.05, 4.69) is 25.3 Å². The largest absolute Gasteiger partial charge is 0.494 e. The Morgan fingerprint density at radius 3 is 2.28 bits per heavy atom. The SMILES string of the molecule is COc1cccc(OC)c1-n1c(CS(=O)(=O)[C@@H](C)Cc2ncc(F)cn2)nnc1-c1cc(C)n(C)n1. The van der Waals surface area contributed by atoms with Gasteiger partial charge in [-0.3, -0.25) is 9.25 Å². The van der Waals surface area contributed by atoms with Crippen LogP contribution in [-0.2, 0) is 29.1 Å². The summed E-state index contributed by atoms with van der Waals surface area (Å²) in [7, 11) is 1.05. The van der Waals surface area contributed by atoms with E-state index in [9.17, 15) is 12.8 Å². The van der Waals surface area contributed by atoms with E-state index in [1.165, 1.54) is 14.2 Å². The maximum atomic E-state index is 13.4. The third-order valence-corrected chi connectivity index (χ3v) is 7.84. The fourth-order valence-corrected chi connectivity index (χ4v) is 4.92. The summed E-state index contributed by atoms with van der Waals surface area (Å²) in [5, 5.41) is 12.2. The van der Waals surface area contributed by atoms with Gasteiger partial charge in [0, 0.05) is 19.2 Å². The minimum Gasteiger partial charge on any atom is -0.494 e. The first-order chi connectivity index (χ1) is 17.1. The molecule has 190 valence electrons. The van der Waals surface area contributed by atoms with Crippen molar-refractivity contribution in [1.82, 2.24) is 34.5 Å². The average Bonchev–Trinajstić information content (AvgIpc) is 3.41.